The Morgan fingerprint density at radius 3 is 2.59 bits per heavy atom. The fraction of sp³-hybridized carbons (Fsp3) is 0.292. The zero-order valence-electron chi connectivity index (χ0n) is 16.7. The molecule has 4 unspecified atom stereocenters. The van der Waals surface area contributed by atoms with Crippen molar-refractivity contribution in [1.29, 1.82) is 5.26 Å². The molecule has 148 valence electrons. The van der Waals surface area contributed by atoms with Gasteiger partial charge in [0.25, 0.3) is 0 Å². The monoisotopic (exact) mass is 387 g/mol. The van der Waals surface area contributed by atoms with Crippen LogP contribution in [0.15, 0.2) is 67.3 Å². The highest BCUT2D eigenvalue weighted by Gasteiger charge is 2.49. The standard InChI is InChI=1S/C24H25N3O2/c1-4-22-23(24(29)26(3)20-11-6-5-7-12-20)21(16-28)17(2)27(22)15-19-10-8-9-18(13-19)14-25/h4-13,16-17,21-23H,1,15H2,2-3H3. The van der Waals surface area contributed by atoms with Gasteiger partial charge in [-0.1, -0.05) is 36.4 Å². The first-order valence-electron chi connectivity index (χ1n) is 9.67. The summed E-state index contributed by atoms with van der Waals surface area (Å²) < 4.78 is 0. The lowest BCUT2D eigenvalue weighted by atomic mass is 9.87. The first-order valence-corrected chi connectivity index (χ1v) is 9.67. The second-order valence-electron chi connectivity index (χ2n) is 7.42. The largest absolute Gasteiger partial charge is 0.315 e. The number of amides is 1. The Kier molecular flexibility index (Phi) is 6.26. The molecule has 5 heteroatoms. The van der Waals surface area contributed by atoms with E-state index in [0.717, 1.165) is 17.5 Å². The van der Waals surface area contributed by atoms with Crippen molar-refractivity contribution in [1.82, 2.24) is 4.90 Å². The molecule has 1 saturated heterocycles. The van der Waals surface area contributed by atoms with Crippen LogP contribution in [0.25, 0.3) is 0 Å². The zero-order chi connectivity index (χ0) is 21.0. The van der Waals surface area contributed by atoms with E-state index in [1.165, 1.54) is 0 Å². The molecule has 0 bridgehead atoms. The normalized spacial score (nSPS) is 23.9. The van der Waals surface area contributed by atoms with Crippen LogP contribution in [0.5, 0.6) is 0 Å². The van der Waals surface area contributed by atoms with E-state index in [-0.39, 0.29) is 18.0 Å². The molecule has 1 fully saturated rings. The number of aldehydes is 1. The van der Waals surface area contributed by atoms with Gasteiger partial charge in [-0.15, -0.1) is 6.58 Å². The predicted molar refractivity (Wildman–Crippen MR) is 113 cm³/mol. The Morgan fingerprint density at radius 2 is 1.97 bits per heavy atom. The molecule has 0 saturated carbocycles. The summed E-state index contributed by atoms with van der Waals surface area (Å²) in [7, 11) is 1.74. The van der Waals surface area contributed by atoms with E-state index in [4.69, 9.17) is 5.26 Å². The van der Waals surface area contributed by atoms with Gasteiger partial charge < -0.3 is 9.69 Å². The zero-order valence-corrected chi connectivity index (χ0v) is 16.7. The maximum atomic E-state index is 13.4. The number of anilines is 1. The molecule has 4 atom stereocenters. The maximum absolute atomic E-state index is 13.4. The molecule has 2 aromatic rings. The van der Waals surface area contributed by atoms with Gasteiger partial charge in [0.2, 0.25) is 5.91 Å². The summed E-state index contributed by atoms with van der Waals surface area (Å²) in [5, 5.41) is 9.16. The molecular formula is C24H25N3O2. The molecule has 0 aromatic heterocycles. The lowest BCUT2D eigenvalue weighted by molar-refractivity contribution is -0.126. The predicted octanol–water partition coefficient (Wildman–Crippen LogP) is 3.41. The first kappa shape index (κ1) is 20.5. The van der Waals surface area contributed by atoms with Gasteiger partial charge >= 0.3 is 0 Å². The van der Waals surface area contributed by atoms with E-state index in [1.54, 1.807) is 24.1 Å². The SMILES string of the molecule is C=CC1C(C(=O)N(C)c2ccccc2)C(C=O)C(C)N1Cc1cccc(C#N)c1. The number of benzene rings is 2. The Morgan fingerprint density at radius 1 is 1.24 bits per heavy atom. The minimum atomic E-state index is -0.510. The Hall–Kier alpha value is -3.23. The number of hydrogen-bond donors (Lipinski definition) is 0. The van der Waals surface area contributed by atoms with Crippen molar-refractivity contribution in [3.63, 3.8) is 0 Å². The van der Waals surface area contributed by atoms with Crippen LogP contribution in [0.1, 0.15) is 18.1 Å². The molecular weight excluding hydrogens is 362 g/mol. The molecule has 29 heavy (non-hydrogen) atoms. The van der Waals surface area contributed by atoms with Crippen LogP contribution in [-0.2, 0) is 16.1 Å². The van der Waals surface area contributed by atoms with Crippen molar-refractivity contribution < 1.29 is 9.59 Å². The fourth-order valence-electron chi connectivity index (χ4n) is 4.22. The average molecular weight is 387 g/mol. The molecule has 1 aliphatic rings. The average Bonchev–Trinajstić information content (AvgIpc) is 3.04. The topological polar surface area (TPSA) is 64.4 Å². The smallest absolute Gasteiger partial charge is 0.232 e. The van der Waals surface area contributed by atoms with Crippen molar-refractivity contribution in [3.8, 4) is 6.07 Å². The van der Waals surface area contributed by atoms with Crippen LogP contribution in [0, 0.1) is 23.2 Å². The molecule has 3 rings (SSSR count). The van der Waals surface area contributed by atoms with E-state index in [9.17, 15) is 9.59 Å². The third kappa shape index (κ3) is 3.98. The number of hydrogen-bond acceptors (Lipinski definition) is 4. The molecule has 0 aliphatic carbocycles. The number of carbonyl (C=O) groups excluding carboxylic acids is 2. The summed E-state index contributed by atoms with van der Waals surface area (Å²) in [4.78, 5) is 29.1. The molecule has 1 amide bonds. The number of rotatable bonds is 6. The minimum absolute atomic E-state index is 0.0988. The highest BCUT2D eigenvalue weighted by molar-refractivity contribution is 5.97. The molecule has 2 aromatic carbocycles. The van der Waals surface area contributed by atoms with Crippen LogP contribution in [0.3, 0.4) is 0 Å². The van der Waals surface area contributed by atoms with Crippen molar-refractivity contribution in [3.05, 3.63) is 78.4 Å². The number of nitriles is 1. The number of para-hydroxylation sites is 1. The van der Waals surface area contributed by atoms with Crippen LogP contribution in [-0.4, -0.2) is 36.2 Å². The van der Waals surface area contributed by atoms with E-state index < -0.39 is 11.8 Å². The van der Waals surface area contributed by atoms with Gasteiger partial charge in [0.05, 0.1) is 17.6 Å². The van der Waals surface area contributed by atoms with Crippen LogP contribution in [0.2, 0.25) is 0 Å². The third-order valence-corrected chi connectivity index (χ3v) is 5.82. The van der Waals surface area contributed by atoms with E-state index in [1.807, 2.05) is 55.5 Å². The molecule has 0 spiro atoms. The highest BCUT2D eigenvalue weighted by Crippen LogP contribution is 2.38. The Bertz CT molecular complexity index is 935. The Labute approximate surface area is 171 Å². The molecule has 0 N–H and O–H groups in total. The lowest BCUT2D eigenvalue weighted by Gasteiger charge is -2.29. The van der Waals surface area contributed by atoms with Gasteiger partial charge in [-0.05, 0) is 36.8 Å². The summed E-state index contributed by atoms with van der Waals surface area (Å²) in [5.74, 6) is -1.04. The van der Waals surface area contributed by atoms with Crippen molar-refractivity contribution >= 4 is 17.9 Å². The summed E-state index contributed by atoms with van der Waals surface area (Å²) in [6.07, 6.45) is 2.66. The fourth-order valence-corrected chi connectivity index (χ4v) is 4.22. The quantitative estimate of drug-likeness (QED) is 0.563. The summed E-state index contributed by atoms with van der Waals surface area (Å²) in [6.45, 7) is 6.47. The molecule has 1 heterocycles. The lowest BCUT2D eigenvalue weighted by Crippen LogP contribution is -2.41. The number of likely N-dealkylation sites (tertiary alicyclic amines) is 1. The molecule has 0 radical (unpaired) electrons. The second-order valence-corrected chi connectivity index (χ2v) is 7.42. The Balaban J connectivity index is 1.91. The van der Waals surface area contributed by atoms with Crippen LogP contribution < -0.4 is 4.90 Å². The molecule has 5 nitrogen and oxygen atoms in total. The first-order chi connectivity index (χ1) is 14.0. The maximum Gasteiger partial charge on any atom is 0.232 e. The van der Waals surface area contributed by atoms with Crippen molar-refractivity contribution in [2.75, 3.05) is 11.9 Å². The third-order valence-electron chi connectivity index (χ3n) is 5.82. The van der Waals surface area contributed by atoms with Crippen LogP contribution >= 0.6 is 0 Å². The van der Waals surface area contributed by atoms with Crippen molar-refractivity contribution in [2.24, 2.45) is 11.8 Å². The van der Waals surface area contributed by atoms with E-state index in [0.29, 0.717) is 12.1 Å². The van der Waals surface area contributed by atoms with Gasteiger partial charge in [0, 0.05) is 37.3 Å². The summed E-state index contributed by atoms with van der Waals surface area (Å²) in [6, 6.07) is 18.6. The summed E-state index contributed by atoms with van der Waals surface area (Å²) >= 11 is 0. The molecule has 1 aliphatic heterocycles. The van der Waals surface area contributed by atoms with Gasteiger partial charge in [-0.3, -0.25) is 9.69 Å². The van der Waals surface area contributed by atoms with Crippen molar-refractivity contribution in [2.45, 2.75) is 25.6 Å². The number of carbonyl (C=O) groups is 2. The van der Waals surface area contributed by atoms with Gasteiger partial charge in [-0.25, -0.2) is 0 Å². The highest BCUT2D eigenvalue weighted by atomic mass is 16.2. The number of nitrogens with zero attached hydrogens (tertiary/aromatic N) is 3. The van der Waals surface area contributed by atoms with Gasteiger partial charge in [0.15, 0.2) is 0 Å². The second kappa shape index (κ2) is 8.85. The van der Waals surface area contributed by atoms with Gasteiger partial charge in [-0.2, -0.15) is 5.26 Å². The van der Waals surface area contributed by atoms with Gasteiger partial charge in [0.1, 0.15) is 6.29 Å². The minimum Gasteiger partial charge on any atom is -0.315 e. The van der Waals surface area contributed by atoms with E-state index in [2.05, 4.69) is 17.5 Å². The van der Waals surface area contributed by atoms with Crippen LogP contribution in [0.4, 0.5) is 5.69 Å². The van der Waals surface area contributed by atoms with E-state index >= 15 is 0 Å². The summed E-state index contributed by atoms with van der Waals surface area (Å²) in [5.41, 5.74) is 2.35.